The Hall–Kier alpha value is -2.18. The minimum absolute atomic E-state index is 0.625. The second-order valence-corrected chi connectivity index (χ2v) is 7.25. The molecule has 0 saturated heterocycles. The molecule has 0 heterocycles. The van der Waals surface area contributed by atoms with E-state index in [1.807, 2.05) is 0 Å². The number of hydrogen-bond acceptors (Lipinski definition) is 1. The number of rotatable bonds is 3. The van der Waals surface area contributed by atoms with Gasteiger partial charge in [-0.2, -0.15) is 53.6 Å². The van der Waals surface area contributed by atoms with Crippen LogP contribution in [0.2, 0.25) is 0 Å². The highest BCUT2D eigenvalue weighted by molar-refractivity contribution is 14.1. The van der Waals surface area contributed by atoms with Gasteiger partial charge in [-0.1, -0.05) is 18.2 Å². The van der Waals surface area contributed by atoms with Crippen LogP contribution >= 0.6 is 22.6 Å². The normalized spacial score (nSPS) is 15.2. The lowest BCUT2D eigenvalue weighted by molar-refractivity contribution is -0.389. The Morgan fingerprint density at radius 2 is 1.34 bits per heavy atom. The van der Waals surface area contributed by atoms with Gasteiger partial charge in [0, 0.05) is 26.3 Å². The van der Waals surface area contributed by atoms with Crippen LogP contribution in [-0.4, -0.2) is 18.3 Å². The van der Waals surface area contributed by atoms with Crippen molar-refractivity contribution in [1.82, 2.24) is 0 Å². The molecule has 0 aliphatic carbocycles. The highest BCUT2D eigenvalue weighted by Crippen LogP contribution is 2.60. The quantitative estimate of drug-likeness (QED) is 0.267. The Kier molecular flexibility index (Phi) is 6.51. The first-order valence-electron chi connectivity index (χ1n) is 7.84. The molecule has 1 nitrogen and oxygen atoms in total. The van der Waals surface area contributed by atoms with E-state index in [0.717, 1.165) is 46.9 Å². The highest BCUT2D eigenvalue weighted by atomic mass is 127. The van der Waals surface area contributed by atoms with Gasteiger partial charge in [-0.3, -0.25) is 0 Å². The number of alkyl halides is 12. The van der Waals surface area contributed by atoms with Crippen LogP contribution in [-0.2, 0) is 11.8 Å². The Morgan fingerprint density at radius 3 is 1.78 bits per heavy atom. The van der Waals surface area contributed by atoms with Crippen molar-refractivity contribution < 1.29 is 52.7 Å². The zero-order valence-electron chi connectivity index (χ0n) is 14.7. The second-order valence-electron chi connectivity index (χ2n) is 6.17. The van der Waals surface area contributed by atoms with Gasteiger partial charge in [-0.15, -0.1) is 0 Å². The third-order valence-electron chi connectivity index (χ3n) is 4.19. The summed E-state index contributed by atoms with van der Waals surface area (Å²) in [5.74, 6) is -7.21. The predicted molar refractivity (Wildman–Crippen MR) is 93.0 cm³/mol. The number of benzene rings is 2. The minimum atomic E-state index is -7.21. The minimum Gasteiger partial charge on any atom is -0.221 e. The summed E-state index contributed by atoms with van der Waals surface area (Å²) in [5, 5.41) is 9.11. The van der Waals surface area contributed by atoms with Gasteiger partial charge in [0.05, 0.1) is 17.2 Å². The van der Waals surface area contributed by atoms with Crippen LogP contribution in [0.3, 0.4) is 0 Å². The van der Waals surface area contributed by atoms with Crippen LogP contribution in [0.5, 0.6) is 0 Å². The van der Waals surface area contributed by atoms with E-state index in [1.165, 1.54) is 12.1 Å². The van der Waals surface area contributed by atoms with Crippen molar-refractivity contribution in [3.63, 3.8) is 0 Å². The van der Waals surface area contributed by atoms with E-state index < -0.39 is 67.6 Å². The molecule has 2 aromatic rings. The molecule has 0 aliphatic heterocycles. The maximum Gasteiger partial charge on any atom is 0.457 e. The number of nitrogens with zero attached hydrogens (tertiary/aromatic N) is 1. The molecule has 0 amide bonds. The molecule has 0 fully saturated rings. The van der Waals surface area contributed by atoms with Gasteiger partial charge in [-0.25, -0.2) is 4.39 Å². The summed E-state index contributed by atoms with van der Waals surface area (Å²) in [7, 11) is 0. The van der Waals surface area contributed by atoms with Crippen LogP contribution in [0.4, 0.5) is 52.7 Å². The van der Waals surface area contributed by atoms with E-state index >= 15 is 4.39 Å². The zero-order chi connectivity index (χ0) is 24.9. The molecule has 1 radical (unpaired) electrons. The van der Waals surface area contributed by atoms with Gasteiger partial charge in [0.2, 0.25) is 0 Å². The topological polar surface area (TPSA) is 23.8 Å². The SMILES string of the molecule is N#Cc1ccccc1-c1c(I)[c]c(C(F)(F)F)cc1C(F)(C(F)(F)F)C(F)(F)C(F)(F)F. The molecule has 2 rings (SSSR count). The fourth-order valence-corrected chi connectivity index (χ4v) is 3.60. The van der Waals surface area contributed by atoms with E-state index in [0.29, 0.717) is 0 Å². The Morgan fingerprint density at radius 1 is 0.812 bits per heavy atom. The molecule has 1 unspecified atom stereocenters. The maximum absolute atomic E-state index is 15.2. The van der Waals surface area contributed by atoms with E-state index in [1.54, 1.807) is 0 Å². The summed E-state index contributed by atoms with van der Waals surface area (Å²) in [5.41, 5.74) is -14.4. The summed E-state index contributed by atoms with van der Waals surface area (Å²) >= 11 is 0.880. The van der Waals surface area contributed by atoms with Gasteiger partial charge in [-0.05, 0) is 34.7 Å². The van der Waals surface area contributed by atoms with Gasteiger partial charge < -0.3 is 0 Å². The first kappa shape index (κ1) is 26.1. The molecule has 0 aromatic heterocycles. The van der Waals surface area contributed by atoms with Crippen molar-refractivity contribution in [3.05, 3.63) is 56.7 Å². The molecular weight excluding hydrogens is 585 g/mol. The summed E-state index contributed by atoms with van der Waals surface area (Å²) in [6, 6.07) is 5.88. The predicted octanol–water partition coefficient (Wildman–Crippen LogP) is 7.57. The summed E-state index contributed by atoms with van der Waals surface area (Å²) < 4.78 is 161. The van der Waals surface area contributed by atoms with Crippen molar-refractivity contribution in [2.45, 2.75) is 30.1 Å². The molecule has 173 valence electrons. The highest BCUT2D eigenvalue weighted by Gasteiger charge is 2.82. The summed E-state index contributed by atoms with van der Waals surface area (Å²) in [4.78, 5) is 0. The largest absolute Gasteiger partial charge is 0.457 e. The average molecular weight is 590 g/mol. The van der Waals surface area contributed by atoms with E-state index in [2.05, 4.69) is 0 Å². The number of halogens is 13. The molecule has 32 heavy (non-hydrogen) atoms. The first-order valence-corrected chi connectivity index (χ1v) is 8.91. The maximum atomic E-state index is 15.2. The van der Waals surface area contributed by atoms with E-state index in [-0.39, 0.29) is 0 Å². The molecule has 1 atom stereocenters. The lowest BCUT2D eigenvalue weighted by Crippen LogP contribution is -2.60. The van der Waals surface area contributed by atoms with Crippen LogP contribution in [0, 0.1) is 21.0 Å². The second kappa shape index (κ2) is 7.99. The average Bonchev–Trinajstić information content (AvgIpc) is 2.64. The van der Waals surface area contributed by atoms with Crippen LogP contribution < -0.4 is 0 Å². The lowest BCUT2D eigenvalue weighted by Gasteiger charge is -2.37. The summed E-state index contributed by atoms with van der Waals surface area (Å²) in [6.45, 7) is 0. The lowest BCUT2D eigenvalue weighted by atomic mass is 9.81. The first-order chi connectivity index (χ1) is 14.3. The van der Waals surface area contributed by atoms with Crippen molar-refractivity contribution in [3.8, 4) is 17.2 Å². The summed E-state index contributed by atoms with van der Waals surface area (Å²) in [6.07, 6.45) is -19.8. The van der Waals surface area contributed by atoms with Crippen molar-refractivity contribution in [1.29, 1.82) is 5.26 Å². The van der Waals surface area contributed by atoms with Gasteiger partial charge in [0.1, 0.15) is 0 Å². The van der Waals surface area contributed by atoms with E-state index in [9.17, 15) is 48.3 Å². The van der Waals surface area contributed by atoms with Gasteiger partial charge in [0.15, 0.2) is 0 Å². The smallest absolute Gasteiger partial charge is 0.221 e. The zero-order valence-corrected chi connectivity index (χ0v) is 16.9. The third kappa shape index (κ3) is 4.11. The van der Waals surface area contributed by atoms with E-state index in [4.69, 9.17) is 5.26 Å². The standard InChI is InChI=1S/C18H5F12IN/c19-14(17(25,26)27,16(23,24)18(28,29)30)11-5-9(15(20,21)22)6-12(31)13(11)10-4-2-1-3-8(10)7-32/h1-5H. The molecule has 2 aromatic carbocycles. The molecule has 0 spiro atoms. The number of nitriles is 1. The van der Waals surface area contributed by atoms with Gasteiger partial charge >= 0.3 is 30.1 Å². The Labute approximate surface area is 184 Å². The van der Waals surface area contributed by atoms with Crippen molar-refractivity contribution >= 4 is 22.6 Å². The Balaban J connectivity index is 3.18. The van der Waals surface area contributed by atoms with Crippen molar-refractivity contribution in [2.24, 2.45) is 0 Å². The fourth-order valence-electron chi connectivity index (χ4n) is 2.73. The van der Waals surface area contributed by atoms with Crippen LogP contribution in [0.25, 0.3) is 11.1 Å². The van der Waals surface area contributed by atoms with Crippen molar-refractivity contribution in [2.75, 3.05) is 0 Å². The molecule has 0 saturated carbocycles. The molecule has 14 heteroatoms. The molecular formula is C18H5F12IN. The fraction of sp³-hybridized carbons (Fsp3) is 0.278. The monoisotopic (exact) mass is 590 g/mol. The Bertz CT molecular complexity index is 1060. The molecule has 0 bridgehead atoms. The van der Waals surface area contributed by atoms with Crippen LogP contribution in [0.15, 0.2) is 30.3 Å². The number of hydrogen-bond donors (Lipinski definition) is 0. The van der Waals surface area contributed by atoms with Gasteiger partial charge in [0.25, 0.3) is 0 Å². The van der Waals surface area contributed by atoms with Crippen LogP contribution in [0.1, 0.15) is 16.7 Å². The third-order valence-corrected chi connectivity index (χ3v) is 5.00. The molecule has 0 aliphatic rings. The molecule has 0 N–H and O–H groups in total.